The molecule has 0 spiro atoms. The third-order valence-electron chi connectivity index (χ3n) is 2.48. The third-order valence-corrected chi connectivity index (χ3v) is 3.32. The van der Waals surface area contributed by atoms with Crippen LogP contribution in [-0.2, 0) is 14.6 Å². The molecule has 0 aromatic rings. The minimum Gasteiger partial charge on any atom is -0.444 e. The number of nitrogens with one attached hydrogen (secondary N) is 1. The standard InChI is InChI=1S/C12H20FNO4S/c1-12(2,3)18-11(15)14-9(8-5-6-8)7-10(13)19(4,16)17/h7-9H,5-6H2,1-4H3,(H,14,15)/b10-7+/t9-/m0/s1. The lowest BCUT2D eigenvalue weighted by Crippen LogP contribution is -2.39. The van der Waals surface area contributed by atoms with Crippen LogP contribution in [0.4, 0.5) is 9.18 Å². The summed E-state index contributed by atoms with van der Waals surface area (Å²) in [4.78, 5) is 11.6. The SMILES string of the molecule is CC(C)(C)OC(=O)N[C@@H](/C=C(\F)S(C)(=O)=O)C1CC1. The van der Waals surface area contributed by atoms with E-state index in [9.17, 15) is 17.6 Å². The Morgan fingerprint density at radius 1 is 1.42 bits per heavy atom. The molecule has 1 fully saturated rings. The summed E-state index contributed by atoms with van der Waals surface area (Å²) in [7, 11) is -3.87. The van der Waals surface area contributed by atoms with E-state index in [2.05, 4.69) is 5.32 Å². The molecular weight excluding hydrogens is 273 g/mol. The van der Waals surface area contributed by atoms with Gasteiger partial charge in [0.2, 0.25) is 15.0 Å². The minimum atomic E-state index is -3.87. The fourth-order valence-electron chi connectivity index (χ4n) is 1.46. The second-order valence-corrected chi connectivity index (χ2v) is 7.69. The van der Waals surface area contributed by atoms with Gasteiger partial charge in [-0.1, -0.05) is 0 Å². The molecule has 1 atom stereocenters. The van der Waals surface area contributed by atoms with Gasteiger partial charge in [-0.2, -0.15) is 4.39 Å². The average molecular weight is 293 g/mol. The van der Waals surface area contributed by atoms with Crippen molar-refractivity contribution >= 4 is 15.9 Å². The van der Waals surface area contributed by atoms with Crippen molar-refractivity contribution in [3.8, 4) is 0 Å². The lowest BCUT2D eigenvalue weighted by Gasteiger charge is -2.22. The second kappa shape index (κ2) is 5.48. The number of hydrogen-bond acceptors (Lipinski definition) is 4. The number of sulfone groups is 1. The van der Waals surface area contributed by atoms with E-state index in [4.69, 9.17) is 4.74 Å². The molecule has 1 aliphatic carbocycles. The molecule has 1 N–H and O–H groups in total. The van der Waals surface area contributed by atoms with Crippen LogP contribution in [0, 0.1) is 5.92 Å². The molecule has 0 heterocycles. The Kier molecular flexibility index (Phi) is 4.60. The van der Waals surface area contributed by atoms with E-state index in [1.165, 1.54) is 0 Å². The summed E-state index contributed by atoms with van der Waals surface area (Å²) in [6.45, 7) is 5.14. The highest BCUT2D eigenvalue weighted by Gasteiger charge is 2.33. The van der Waals surface area contributed by atoms with Gasteiger partial charge in [0.1, 0.15) is 5.60 Å². The zero-order valence-electron chi connectivity index (χ0n) is 11.6. The van der Waals surface area contributed by atoms with E-state index in [1.54, 1.807) is 20.8 Å². The first kappa shape index (κ1) is 15.9. The Balaban J connectivity index is 2.72. The zero-order valence-corrected chi connectivity index (χ0v) is 12.4. The number of rotatable bonds is 4. The fourth-order valence-corrected chi connectivity index (χ4v) is 1.85. The van der Waals surface area contributed by atoms with Crippen molar-refractivity contribution in [1.29, 1.82) is 0 Å². The maximum Gasteiger partial charge on any atom is 0.408 e. The zero-order chi connectivity index (χ0) is 14.8. The number of amides is 1. The van der Waals surface area contributed by atoms with Crippen LogP contribution in [0.1, 0.15) is 33.6 Å². The van der Waals surface area contributed by atoms with Crippen LogP contribution in [0.2, 0.25) is 0 Å². The topological polar surface area (TPSA) is 72.5 Å². The number of halogens is 1. The van der Waals surface area contributed by atoms with E-state index < -0.39 is 32.7 Å². The van der Waals surface area contributed by atoms with Crippen molar-refractivity contribution in [3.05, 3.63) is 11.2 Å². The molecule has 1 amide bonds. The van der Waals surface area contributed by atoms with Crippen LogP contribution in [0.15, 0.2) is 11.2 Å². The highest BCUT2D eigenvalue weighted by Crippen LogP contribution is 2.34. The van der Waals surface area contributed by atoms with Gasteiger partial charge < -0.3 is 10.1 Å². The van der Waals surface area contributed by atoms with Crippen molar-refractivity contribution in [1.82, 2.24) is 5.32 Å². The summed E-state index contributed by atoms with van der Waals surface area (Å²) in [5, 5.41) is 1.27. The molecule has 1 saturated carbocycles. The highest BCUT2D eigenvalue weighted by atomic mass is 32.2. The maximum absolute atomic E-state index is 13.4. The Morgan fingerprint density at radius 2 is 1.95 bits per heavy atom. The van der Waals surface area contributed by atoms with Gasteiger partial charge in [-0.05, 0) is 45.6 Å². The Morgan fingerprint density at radius 3 is 2.32 bits per heavy atom. The number of carbonyl (C=O) groups excluding carboxylic acids is 1. The lowest BCUT2D eigenvalue weighted by molar-refractivity contribution is 0.0509. The average Bonchev–Trinajstić information content (AvgIpc) is 2.94. The summed E-state index contributed by atoms with van der Waals surface area (Å²) in [5.74, 6) is 0.0695. The fraction of sp³-hybridized carbons (Fsp3) is 0.750. The summed E-state index contributed by atoms with van der Waals surface area (Å²) in [5.41, 5.74) is -0.655. The quantitative estimate of drug-likeness (QED) is 0.862. The monoisotopic (exact) mass is 293 g/mol. The van der Waals surface area contributed by atoms with E-state index in [-0.39, 0.29) is 5.92 Å². The molecule has 110 valence electrons. The predicted octanol–water partition coefficient (Wildman–Crippen LogP) is 2.15. The second-order valence-electron chi connectivity index (χ2n) is 5.75. The van der Waals surface area contributed by atoms with Crippen LogP contribution in [0.3, 0.4) is 0 Å². The van der Waals surface area contributed by atoms with Crippen LogP contribution in [0.25, 0.3) is 0 Å². The van der Waals surface area contributed by atoms with Crippen molar-refractivity contribution in [3.63, 3.8) is 0 Å². The van der Waals surface area contributed by atoms with Crippen LogP contribution < -0.4 is 5.32 Å². The summed E-state index contributed by atoms with van der Waals surface area (Å²) < 4.78 is 40.6. The molecule has 0 aromatic carbocycles. The van der Waals surface area contributed by atoms with Gasteiger partial charge in [0.25, 0.3) is 0 Å². The maximum atomic E-state index is 13.4. The van der Waals surface area contributed by atoms with Gasteiger partial charge in [-0.15, -0.1) is 0 Å². The molecular formula is C12H20FNO4S. The van der Waals surface area contributed by atoms with Crippen LogP contribution >= 0.6 is 0 Å². The molecule has 1 rings (SSSR count). The lowest BCUT2D eigenvalue weighted by atomic mass is 10.2. The minimum absolute atomic E-state index is 0.0695. The molecule has 19 heavy (non-hydrogen) atoms. The summed E-state index contributed by atoms with van der Waals surface area (Å²) in [6.07, 6.45) is 2.71. The van der Waals surface area contributed by atoms with E-state index in [0.717, 1.165) is 25.2 Å². The van der Waals surface area contributed by atoms with Gasteiger partial charge in [0, 0.05) is 6.26 Å². The van der Waals surface area contributed by atoms with Crippen molar-refractivity contribution in [2.75, 3.05) is 6.26 Å². The largest absolute Gasteiger partial charge is 0.444 e. The number of ether oxygens (including phenoxy) is 1. The van der Waals surface area contributed by atoms with Crippen molar-refractivity contribution in [2.24, 2.45) is 5.92 Å². The normalized spacial score (nSPS) is 18.9. The van der Waals surface area contributed by atoms with E-state index in [1.807, 2.05) is 0 Å². The molecule has 7 heteroatoms. The predicted molar refractivity (Wildman–Crippen MR) is 69.9 cm³/mol. The molecule has 0 bridgehead atoms. The highest BCUT2D eigenvalue weighted by molar-refractivity contribution is 7.94. The molecule has 0 radical (unpaired) electrons. The Bertz CT molecular complexity index is 474. The van der Waals surface area contributed by atoms with E-state index in [0.29, 0.717) is 0 Å². The van der Waals surface area contributed by atoms with Gasteiger partial charge in [-0.3, -0.25) is 0 Å². The van der Waals surface area contributed by atoms with Crippen LogP contribution in [-0.4, -0.2) is 32.4 Å². The smallest absolute Gasteiger partial charge is 0.408 e. The Hall–Kier alpha value is -1.11. The number of carbonyl (C=O) groups is 1. The first-order valence-corrected chi connectivity index (χ1v) is 7.95. The summed E-state index contributed by atoms with van der Waals surface area (Å²) in [6, 6.07) is -0.649. The van der Waals surface area contributed by atoms with Gasteiger partial charge in [0.15, 0.2) is 0 Å². The number of alkyl carbamates (subject to hydrolysis) is 1. The summed E-state index contributed by atoms with van der Waals surface area (Å²) >= 11 is 0. The molecule has 0 aliphatic heterocycles. The van der Waals surface area contributed by atoms with Gasteiger partial charge in [0.05, 0.1) is 6.04 Å². The van der Waals surface area contributed by atoms with Gasteiger partial charge >= 0.3 is 6.09 Å². The molecule has 0 saturated heterocycles. The van der Waals surface area contributed by atoms with Gasteiger partial charge in [-0.25, -0.2) is 13.2 Å². The van der Waals surface area contributed by atoms with Crippen LogP contribution in [0.5, 0.6) is 0 Å². The first-order chi connectivity index (χ1) is 8.49. The Labute approximate surface area is 113 Å². The number of hydrogen-bond donors (Lipinski definition) is 1. The first-order valence-electron chi connectivity index (χ1n) is 6.06. The molecule has 0 unspecified atom stereocenters. The molecule has 1 aliphatic rings. The molecule has 5 nitrogen and oxygen atoms in total. The molecule has 0 aromatic heterocycles. The van der Waals surface area contributed by atoms with Crippen molar-refractivity contribution < 1.29 is 22.3 Å². The third kappa shape index (κ3) is 6.04. The van der Waals surface area contributed by atoms with Crippen molar-refractivity contribution in [2.45, 2.75) is 45.3 Å². The van der Waals surface area contributed by atoms with E-state index >= 15 is 0 Å².